The Bertz CT molecular complexity index is 112. The molecular formula is C2H2IN3. The van der Waals surface area contributed by atoms with E-state index in [0.29, 0.717) is 0 Å². The van der Waals surface area contributed by atoms with Gasteiger partial charge in [-0.2, -0.15) is 2.90 Å². The third-order valence-corrected chi connectivity index (χ3v) is 0.908. The van der Waals surface area contributed by atoms with Crippen molar-refractivity contribution in [2.24, 2.45) is 0 Å². The number of halogens is 1. The van der Waals surface area contributed by atoms with Crippen molar-refractivity contribution in [3.05, 3.63) is 12.4 Å². The van der Waals surface area contributed by atoms with Crippen molar-refractivity contribution < 1.29 is 0 Å². The highest BCUT2D eigenvalue weighted by molar-refractivity contribution is 14.1. The molecule has 4 heteroatoms. The maximum atomic E-state index is 3.57. The average Bonchev–Trinajstić information content (AvgIpc) is 1.86. The molecule has 0 radical (unpaired) electrons. The van der Waals surface area contributed by atoms with Gasteiger partial charge in [-0.25, -0.2) is 0 Å². The Morgan fingerprint density at radius 2 is 2.50 bits per heavy atom. The van der Waals surface area contributed by atoms with Crippen LogP contribution in [0.3, 0.4) is 0 Å². The van der Waals surface area contributed by atoms with Gasteiger partial charge in [0.15, 0.2) is 0 Å². The van der Waals surface area contributed by atoms with Crippen LogP contribution in [-0.2, 0) is 0 Å². The number of hydrogen-bond donors (Lipinski definition) is 0. The molecule has 3 nitrogen and oxygen atoms in total. The molecule has 32 valence electrons. The molecule has 0 amide bonds. The van der Waals surface area contributed by atoms with E-state index >= 15 is 0 Å². The topological polar surface area (TPSA) is 30.7 Å². The number of aromatic nitrogens is 3. The largest absolute Gasteiger partial charge is 0.191 e. The molecule has 1 heterocycles. The van der Waals surface area contributed by atoms with Gasteiger partial charge in [-0.05, 0) is 0 Å². The van der Waals surface area contributed by atoms with E-state index in [1.807, 2.05) is 22.9 Å². The number of hydrogen-bond acceptors (Lipinski definition) is 2. The fourth-order valence-electron chi connectivity index (χ4n) is 0.194. The lowest BCUT2D eigenvalue weighted by molar-refractivity contribution is 0.919. The fourth-order valence-corrected chi connectivity index (χ4v) is 0.449. The Balaban J connectivity index is 3.05. The second-order valence-electron chi connectivity index (χ2n) is 0.792. The quantitative estimate of drug-likeness (QED) is 0.563. The van der Waals surface area contributed by atoms with E-state index in [0.717, 1.165) is 0 Å². The first-order valence-electron chi connectivity index (χ1n) is 1.42. The summed E-state index contributed by atoms with van der Waals surface area (Å²) in [6.07, 6.45) is 3.40. The Morgan fingerprint density at radius 3 is 2.67 bits per heavy atom. The molecule has 0 aromatic carbocycles. The maximum Gasteiger partial charge on any atom is 0.0863 e. The lowest BCUT2D eigenvalue weighted by Gasteiger charge is -1.69. The standard InChI is InChI=1S/C2H2IN3/c3-6-2-1-4-5-6/h1-2H. The van der Waals surface area contributed by atoms with Crippen molar-refractivity contribution in [1.29, 1.82) is 0 Å². The lowest BCUT2D eigenvalue weighted by atomic mass is 11.0. The minimum Gasteiger partial charge on any atom is -0.191 e. The van der Waals surface area contributed by atoms with Crippen LogP contribution in [0.1, 0.15) is 0 Å². The van der Waals surface area contributed by atoms with Crippen molar-refractivity contribution in [1.82, 2.24) is 13.2 Å². The zero-order valence-corrected chi connectivity index (χ0v) is 5.03. The van der Waals surface area contributed by atoms with Crippen molar-refractivity contribution in [3.63, 3.8) is 0 Å². The molecular weight excluding hydrogens is 193 g/mol. The summed E-state index contributed by atoms with van der Waals surface area (Å²) in [5.41, 5.74) is 0. The highest BCUT2D eigenvalue weighted by atomic mass is 127. The molecule has 6 heavy (non-hydrogen) atoms. The molecule has 0 aliphatic carbocycles. The second-order valence-corrected chi connectivity index (χ2v) is 1.78. The molecule has 0 saturated carbocycles. The lowest BCUT2D eigenvalue weighted by Crippen LogP contribution is -1.75. The summed E-state index contributed by atoms with van der Waals surface area (Å²) in [5, 5.41) is 7.10. The number of nitrogens with zero attached hydrogens (tertiary/aromatic N) is 3. The van der Waals surface area contributed by atoms with E-state index in [2.05, 4.69) is 10.3 Å². The third kappa shape index (κ3) is 0.675. The summed E-state index contributed by atoms with van der Waals surface area (Å²) in [6, 6.07) is 0. The smallest absolute Gasteiger partial charge is 0.0863 e. The van der Waals surface area contributed by atoms with E-state index in [1.54, 1.807) is 15.3 Å². The summed E-state index contributed by atoms with van der Waals surface area (Å²) in [4.78, 5) is 0. The second kappa shape index (κ2) is 1.55. The van der Waals surface area contributed by atoms with Gasteiger partial charge in [0.05, 0.1) is 35.3 Å². The highest BCUT2D eigenvalue weighted by Gasteiger charge is 1.73. The van der Waals surface area contributed by atoms with Gasteiger partial charge >= 0.3 is 0 Å². The molecule has 0 unspecified atom stereocenters. The zero-order valence-electron chi connectivity index (χ0n) is 2.87. The molecule has 0 aliphatic heterocycles. The predicted octanol–water partition coefficient (Wildman–Crippen LogP) is 0.476. The number of rotatable bonds is 0. The summed E-state index contributed by atoms with van der Waals surface area (Å²) in [6.45, 7) is 0. The van der Waals surface area contributed by atoms with Gasteiger partial charge in [-0.1, -0.05) is 5.21 Å². The van der Waals surface area contributed by atoms with Gasteiger partial charge in [-0.15, -0.1) is 5.10 Å². The molecule has 0 fully saturated rings. The van der Waals surface area contributed by atoms with Gasteiger partial charge in [0, 0.05) is 0 Å². The first-order chi connectivity index (χ1) is 2.89. The molecule has 0 saturated heterocycles. The fraction of sp³-hybridized carbons (Fsp3) is 0. The highest BCUT2D eigenvalue weighted by Crippen LogP contribution is 1.83. The minimum absolute atomic E-state index is 1.61. The van der Waals surface area contributed by atoms with Crippen LogP contribution in [0.4, 0.5) is 0 Å². The molecule has 1 aromatic heterocycles. The Morgan fingerprint density at radius 1 is 1.67 bits per heavy atom. The normalized spacial score (nSPS) is 8.83. The molecule has 0 N–H and O–H groups in total. The van der Waals surface area contributed by atoms with Crippen LogP contribution < -0.4 is 0 Å². The van der Waals surface area contributed by atoms with E-state index in [-0.39, 0.29) is 0 Å². The third-order valence-electron chi connectivity index (χ3n) is 0.393. The monoisotopic (exact) mass is 195 g/mol. The van der Waals surface area contributed by atoms with Gasteiger partial charge in [-0.3, -0.25) is 0 Å². The van der Waals surface area contributed by atoms with Crippen LogP contribution in [0.25, 0.3) is 0 Å². The molecule has 0 atom stereocenters. The van der Waals surface area contributed by atoms with Crippen LogP contribution >= 0.6 is 22.9 Å². The van der Waals surface area contributed by atoms with Crippen LogP contribution in [0, 0.1) is 0 Å². The SMILES string of the molecule is In1ccnn1. The molecule has 0 aliphatic rings. The van der Waals surface area contributed by atoms with Gasteiger partial charge in [0.2, 0.25) is 0 Å². The summed E-state index contributed by atoms with van der Waals surface area (Å²) < 4.78 is 1.61. The van der Waals surface area contributed by atoms with Crippen molar-refractivity contribution in [3.8, 4) is 0 Å². The molecule has 0 bridgehead atoms. The summed E-state index contributed by atoms with van der Waals surface area (Å²) in [7, 11) is 0. The first-order valence-corrected chi connectivity index (χ1v) is 2.38. The van der Waals surface area contributed by atoms with Crippen molar-refractivity contribution in [2.75, 3.05) is 0 Å². The van der Waals surface area contributed by atoms with Crippen LogP contribution in [0.2, 0.25) is 0 Å². The predicted molar refractivity (Wildman–Crippen MR) is 29.4 cm³/mol. The van der Waals surface area contributed by atoms with Crippen LogP contribution in [0.5, 0.6) is 0 Å². The Labute approximate surface area is 48.8 Å². The average molecular weight is 195 g/mol. The maximum absolute atomic E-state index is 3.57. The van der Waals surface area contributed by atoms with Crippen LogP contribution in [0.15, 0.2) is 12.4 Å². The summed E-state index contributed by atoms with van der Waals surface area (Å²) in [5.74, 6) is 0. The van der Waals surface area contributed by atoms with Gasteiger partial charge in [0.1, 0.15) is 0 Å². The van der Waals surface area contributed by atoms with E-state index in [9.17, 15) is 0 Å². The van der Waals surface area contributed by atoms with Gasteiger partial charge < -0.3 is 0 Å². The minimum atomic E-state index is 1.61. The molecule has 0 spiro atoms. The summed E-state index contributed by atoms with van der Waals surface area (Å²) >= 11 is 2.02. The van der Waals surface area contributed by atoms with Gasteiger partial charge in [0.25, 0.3) is 0 Å². The molecule has 1 aromatic rings. The Kier molecular flexibility index (Phi) is 1.04. The first kappa shape index (κ1) is 4.04. The van der Waals surface area contributed by atoms with E-state index in [1.165, 1.54) is 0 Å². The molecule has 1 rings (SSSR count). The van der Waals surface area contributed by atoms with Crippen molar-refractivity contribution >= 4 is 22.9 Å². The van der Waals surface area contributed by atoms with E-state index < -0.39 is 0 Å². The zero-order chi connectivity index (χ0) is 4.41. The Hall–Kier alpha value is -0.130. The van der Waals surface area contributed by atoms with Crippen LogP contribution in [-0.4, -0.2) is 13.2 Å². The van der Waals surface area contributed by atoms with Crippen molar-refractivity contribution in [2.45, 2.75) is 0 Å². The van der Waals surface area contributed by atoms with E-state index in [4.69, 9.17) is 0 Å².